The fourth-order valence-corrected chi connectivity index (χ4v) is 10.6. The fourth-order valence-electron chi connectivity index (χ4n) is 4.17. The van der Waals surface area contributed by atoms with Crippen LogP contribution in [0, 0.1) is 6.92 Å². The van der Waals surface area contributed by atoms with Gasteiger partial charge >= 0.3 is 131 Å². The van der Waals surface area contributed by atoms with Crippen LogP contribution in [-0.2, 0) is 0 Å². The van der Waals surface area contributed by atoms with E-state index >= 15 is 0 Å². The molecule has 3 nitrogen and oxygen atoms in total. The standard InChI is InChI=1S/C16H23O3PS/c1-10-8-11(18-2)9-14(19-3)15(10)16(17)20(21)12-4-5-13(20)7-6-12/h8-9,12-13,20-21H,4-7H2,1-3H3. The summed E-state index contributed by atoms with van der Waals surface area (Å²) in [6.45, 7) is -0.239. The zero-order valence-corrected chi connectivity index (χ0v) is 14.7. The average molecular weight is 326 g/mol. The number of hydrogen-bond donors (Lipinski definition) is 1. The molecule has 2 aliphatic heterocycles. The Morgan fingerprint density at radius 1 is 1.14 bits per heavy atom. The topological polar surface area (TPSA) is 35.5 Å². The SMILES string of the molecule is COc1cc(C)c(C(=O)[PH]2(S)C3CCC2CC3)c(OC)c1. The molecule has 0 N–H and O–H groups in total. The van der Waals surface area contributed by atoms with Crippen molar-refractivity contribution in [3.8, 4) is 11.5 Å². The molecule has 21 heavy (non-hydrogen) atoms. The fraction of sp³-hybridized carbons (Fsp3) is 0.562. The second-order valence-electron chi connectivity index (χ2n) is 6.22. The number of ether oxygens (including phenoxy) is 2. The maximum atomic E-state index is 13.3. The van der Waals surface area contributed by atoms with Crippen molar-refractivity contribution in [3.05, 3.63) is 23.3 Å². The third-order valence-corrected chi connectivity index (χ3v) is 12.7. The van der Waals surface area contributed by atoms with Crippen molar-refractivity contribution in [2.24, 2.45) is 0 Å². The first-order valence-electron chi connectivity index (χ1n) is 7.52. The minimum absolute atomic E-state index is 0.271. The van der Waals surface area contributed by atoms with Crippen molar-refractivity contribution in [3.63, 3.8) is 0 Å². The molecule has 0 atom stereocenters. The third-order valence-electron chi connectivity index (χ3n) is 5.29. The van der Waals surface area contributed by atoms with E-state index in [1.165, 1.54) is 25.7 Å². The van der Waals surface area contributed by atoms with Gasteiger partial charge in [0.05, 0.1) is 0 Å². The van der Waals surface area contributed by atoms with Crippen molar-refractivity contribution in [1.29, 1.82) is 0 Å². The van der Waals surface area contributed by atoms with Crippen molar-refractivity contribution < 1.29 is 14.3 Å². The Morgan fingerprint density at radius 3 is 2.19 bits per heavy atom. The molecule has 2 bridgehead atoms. The number of methoxy groups -OCH3 is 2. The maximum absolute atomic E-state index is 13.3. The van der Waals surface area contributed by atoms with Gasteiger partial charge in [0, 0.05) is 0 Å². The average Bonchev–Trinajstić information content (AvgIpc) is 2.99. The predicted molar refractivity (Wildman–Crippen MR) is 92.0 cm³/mol. The first kappa shape index (κ1) is 15.2. The van der Waals surface area contributed by atoms with Crippen LogP contribution in [0.2, 0.25) is 0 Å². The minimum atomic E-state index is -2.20. The summed E-state index contributed by atoms with van der Waals surface area (Å²) in [7, 11) is 3.24. The quantitative estimate of drug-likeness (QED) is 0.669. The summed E-state index contributed by atoms with van der Waals surface area (Å²) < 4.78 is 10.8. The molecule has 2 saturated heterocycles. The van der Waals surface area contributed by atoms with E-state index in [-0.39, 0.29) is 5.52 Å². The monoisotopic (exact) mass is 326 g/mol. The van der Waals surface area contributed by atoms with Crippen LogP contribution < -0.4 is 9.47 Å². The van der Waals surface area contributed by atoms with E-state index in [2.05, 4.69) is 0 Å². The van der Waals surface area contributed by atoms with Crippen LogP contribution >= 0.6 is 18.7 Å². The number of carbonyl (C=O) groups is 1. The van der Waals surface area contributed by atoms with E-state index in [1.54, 1.807) is 14.2 Å². The molecule has 2 heterocycles. The summed E-state index contributed by atoms with van der Waals surface area (Å²) >= 11 is 5.02. The van der Waals surface area contributed by atoms with Gasteiger partial charge in [-0.2, -0.15) is 0 Å². The van der Waals surface area contributed by atoms with Crippen molar-refractivity contribution in [2.75, 3.05) is 14.2 Å². The Morgan fingerprint density at radius 2 is 1.71 bits per heavy atom. The van der Waals surface area contributed by atoms with Gasteiger partial charge in [-0.1, -0.05) is 0 Å². The predicted octanol–water partition coefficient (Wildman–Crippen LogP) is 4.07. The molecule has 0 radical (unpaired) electrons. The molecular formula is C16H23O3PS. The summed E-state index contributed by atoms with van der Waals surface area (Å²) in [6.07, 6.45) is 4.74. The van der Waals surface area contributed by atoms with Gasteiger partial charge in [0.2, 0.25) is 0 Å². The van der Waals surface area contributed by atoms with Gasteiger partial charge in [0.15, 0.2) is 0 Å². The molecule has 0 aromatic heterocycles. The van der Waals surface area contributed by atoms with Gasteiger partial charge in [-0.3, -0.25) is 0 Å². The van der Waals surface area contributed by atoms with Crippen LogP contribution in [0.1, 0.15) is 41.6 Å². The molecule has 2 fully saturated rings. The Bertz CT molecular complexity index is 567. The second-order valence-corrected chi connectivity index (χ2v) is 12.2. The van der Waals surface area contributed by atoms with Gasteiger partial charge in [0.25, 0.3) is 0 Å². The van der Waals surface area contributed by atoms with Gasteiger partial charge in [-0.05, 0) is 0 Å². The summed E-state index contributed by atoms with van der Waals surface area (Å²) in [5, 5.41) is 0. The molecule has 3 rings (SSSR count). The molecule has 0 aliphatic carbocycles. The Balaban J connectivity index is 2.06. The molecule has 0 unspecified atom stereocenters. The number of carbonyl (C=O) groups excluding carboxylic acids is 1. The van der Waals surface area contributed by atoms with Gasteiger partial charge in [-0.15, -0.1) is 0 Å². The number of rotatable bonds is 4. The van der Waals surface area contributed by atoms with Crippen LogP contribution in [0.5, 0.6) is 11.5 Å². The van der Waals surface area contributed by atoms with E-state index in [9.17, 15) is 4.79 Å². The summed E-state index contributed by atoms with van der Waals surface area (Å²) in [4.78, 5) is 13.3. The van der Waals surface area contributed by atoms with Crippen LogP contribution in [0.25, 0.3) is 0 Å². The normalized spacial score (nSPS) is 27.4. The molecule has 5 heteroatoms. The molecule has 116 valence electrons. The van der Waals surface area contributed by atoms with E-state index in [1.807, 2.05) is 19.1 Å². The number of thiol groups is 1. The van der Waals surface area contributed by atoms with E-state index in [0.717, 1.165) is 16.9 Å². The number of fused-ring (bicyclic) bond motifs is 2. The van der Waals surface area contributed by atoms with E-state index < -0.39 is 6.46 Å². The van der Waals surface area contributed by atoms with E-state index in [0.29, 0.717) is 17.1 Å². The van der Waals surface area contributed by atoms with Crippen molar-refractivity contribution >= 4 is 24.2 Å². The van der Waals surface area contributed by atoms with Gasteiger partial charge < -0.3 is 0 Å². The van der Waals surface area contributed by atoms with Crippen LogP contribution in [0.15, 0.2) is 12.1 Å². The van der Waals surface area contributed by atoms with Crippen LogP contribution in [0.3, 0.4) is 0 Å². The Kier molecular flexibility index (Phi) is 3.96. The molecule has 1 aromatic rings. The van der Waals surface area contributed by atoms with E-state index in [4.69, 9.17) is 21.7 Å². The molecule has 2 aliphatic rings. The summed E-state index contributed by atoms with van der Waals surface area (Å²) in [5.41, 5.74) is 3.03. The number of aryl methyl sites for hydroxylation is 1. The molecule has 0 spiro atoms. The van der Waals surface area contributed by atoms with Crippen molar-refractivity contribution in [2.45, 2.75) is 43.9 Å². The Hall–Kier alpha value is -0.730. The third kappa shape index (κ3) is 2.19. The van der Waals surface area contributed by atoms with Gasteiger partial charge in [-0.25, -0.2) is 0 Å². The summed E-state index contributed by atoms with van der Waals surface area (Å²) in [5.74, 6) is 1.36. The number of benzene rings is 1. The summed E-state index contributed by atoms with van der Waals surface area (Å²) in [6, 6.07) is 3.72. The zero-order chi connectivity index (χ0) is 15.2. The first-order chi connectivity index (χ1) is 10.0. The van der Waals surface area contributed by atoms with Crippen LogP contribution in [0.4, 0.5) is 0 Å². The molecular weight excluding hydrogens is 303 g/mol. The Labute approximate surface area is 131 Å². The van der Waals surface area contributed by atoms with Crippen LogP contribution in [-0.4, -0.2) is 31.1 Å². The zero-order valence-electron chi connectivity index (χ0n) is 12.8. The molecule has 0 saturated carbocycles. The molecule has 0 amide bonds. The second kappa shape index (κ2) is 5.48. The van der Waals surface area contributed by atoms with Crippen molar-refractivity contribution in [1.82, 2.24) is 0 Å². The first-order valence-corrected chi connectivity index (χ1v) is 11.0. The van der Waals surface area contributed by atoms with Gasteiger partial charge in [0.1, 0.15) is 0 Å². The molecule has 1 aromatic carbocycles. The number of hydrogen-bond acceptors (Lipinski definition) is 4.